The number of amides is 1. The van der Waals surface area contributed by atoms with Gasteiger partial charge in [0.1, 0.15) is 0 Å². The second kappa shape index (κ2) is 1.46. The number of carbonyl (C=O) groups is 1. The van der Waals surface area contributed by atoms with Crippen LogP contribution in [0.3, 0.4) is 0 Å². The van der Waals surface area contributed by atoms with Crippen LogP contribution in [-0.4, -0.2) is 24.4 Å². The molecule has 3 unspecified atom stereocenters. The SMILES string of the molecule is CC1NC2OC2NC1=O. The molecule has 0 aromatic carbocycles. The topological polar surface area (TPSA) is 53.7 Å². The lowest BCUT2D eigenvalue weighted by molar-refractivity contribution is -0.124. The summed E-state index contributed by atoms with van der Waals surface area (Å²) in [4.78, 5) is 10.8. The maximum Gasteiger partial charge on any atom is 0.239 e. The van der Waals surface area contributed by atoms with Crippen molar-refractivity contribution in [2.45, 2.75) is 25.4 Å². The lowest BCUT2D eigenvalue weighted by Crippen LogP contribution is -2.51. The van der Waals surface area contributed by atoms with Crippen molar-refractivity contribution >= 4 is 5.91 Å². The van der Waals surface area contributed by atoms with Gasteiger partial charge in [0.2, 0.25) is 5.91 Å². The number of epoxide rings is 1. The number of hydrogen-bond acceptors (Lipinski definition) is 3. The summed E-state index contributed by atoms with van der Waals surface area (Å²) in [6, 6.07) is -0.103. The van der Waals surface area contributed by atoms with Crippen molar-refractivity contribution in [3.05, 3.63) is 0 Å². The van der Waals surface area contributed by atoms with E-state index in [0.717, 1.165) is 0 Å². The molecule has 0 saturated carbocycles. The number of piperazine rings is 1. The highest BCUT2D eigenvalue weighted by molar-refractivity contribution is 5.82. The zero-order chi connectivity index (χ0) is 6.43. The van der Waals surface area contributed by atoms with Gasteiger partial charge in [-0.1, -0.05) is 0 Å². The van der Waals surface area contributed by atoms with Crippen LogP contribution in [0.2, 0.25) is 0 Å². The quantitative estimate of drug-likeness (QED) is 0.402. The number of hydrogen-bond donors (Lipinski definition) is 2. The molecule has 2 N–H and O–H groups in total. The molecular formula is C5H8N2O2. The van der Waals surface area contributed by atoms with Gasteiger partial charge in [0.25, 0.3) is 0 Å². The van der Waals surface area contributed by atoms with E-state index < -0.39 is 0 Å². The summed E-state index contributed by atoms with van der Waals surface area (Å²) in [5.41, 5.74) is 0. The minimum atomic E-state index is -0.103. The first-order chi connectivity index (χ1) is 4.27. The summed E-state index contributed by atoms with van der Waals surface area (Å²) in [5.74, 6) is 0.0220. The van der Waals surface area contributed by atoms with Crippen LogP contribution in [0.4, 0.5) is 0 Å². The van der Waals surface area contributed by atoms with Gasteiger partial charge in [-0.2, -0.15) is 0 Å². The van der Waals surface area contributed by atoms with Gasteiger partial charge in [0.05, 0.1) is 6.04 Å². The van der Waals surface area contributed by atoms with Crippen molar-refractivity contribution in [2.24, 2.45) is 0 Å². The molecule has 2 aliphatic rings. The highest BCUT2D eigenvalue weighted by Gasteiger charge is 2.46. The summed E-state index contributed by atoms with van der Waals surface area (Å²) >= 11 is 0. The molecule has 4 heteroatoms. The third-order valence-electron chi connectivity index (χ3n) is 1.58. The van der Waals surface area contributed by atoms with E-state index in [1.807, 2.05) is 6.92 Å². The molecule has 0 radical (unpaired) electrons. The van der Waals surface area contributed by atoms with Gasteiger partial charge in [0, 0.05) is 0 Å². The lowest BCUT2D eigenvalue weighted by atomic mass is 10.2. The molecule has 50 valence electrons. The molecule has 2 fully saturated rings. The molecule has 2 saturated heterocycles. The molecule has 1 amide bonds. The van der Waals surface area contributed by atoms with Crippen molar-refractivity contribution in [1.82, 2.24) is 10.6 Å². The third kappa shape index (κ3) is 0.710. The Kier molecular flexibility index (Phi) is 0.841. The van der Waals surface area contributed by atoms with E-state index in [9.17, 15) is 4.79 Å². The molecule has 4 nitrogen and oxygen atoms in total. The van der Waals surface area contributed by atoms with Crippen LogP contribution in [0.25, 0.3) is 0 Å². The van der Waals surface area contributed by atoms with Crippen molar-refractivity contribution in [3.63, 3.8) is 0 Å². The first-order valence-corrected chi connectivity index (χ1v) is 2.99. The summed E-state index contributed by atoms with van der Waals surface area (Å²) in [5, 5.41) is 5.65. The number of nitrogens with one attached hydrogen (secondary N) is 2. The molecule has 3 atom stereocenters. The Morgan fingerprint density at radius 3 is 3.00 bits per heavy atom. The van der Waals surface area contributed by atoms with E-state index in [0.29, 0.717) is 0 Å². The van der Waals surface area contributed by atoms with Gasteiger partial charge < -0.3 is 10.1 Å². The van der Waals surface area contributed by atoms with E-state index in [1.165, 1.54) is 0 Å². The molecule has 2 rings (SSSR count). The Balaban J connectivity index is 2.06. The fraction of sp³-hybridized carbons (Fsp3) is 0.800. The minimum absolute atomic E-state index is 0.0220. The number of fused-ring (bicyclic) bond motifs is 1. The van der Waals surface area contributed by atoms with Crippen LogP contribution < -0.4 is 10.6 Å². The standard InChI is InChI=1S/C5H8N2O2/c1-2-3(8)7-5-4(6-2)9-5/h2,4-6H,1H3,(H,7,8). The van der Waals surface area contributed by atoms with Crippen LogP contribution >= 0.6 is 0 Å². The van der Waals surface area contributed by atoms with Crippen LogP contribution in [0.5, 0.6) is 0 Å². The Labute approximate surface area is 52.6 Å². The highest BCUT2D eigenvalue weighted by Crippen LogP contribution is 2.19. The van der Waals surface area contributed by atoms with Gasteiger partial charge in [-0.05, 0) is 6.92 Å². The van der Waals surface area contributed by atoms with Crippen LogP contribution in [-0.2, 0) is 9.53 Å². The van der Waals surface area contributed by atoms with Crippen LogP contribution in [0, 0.1) is 0 Å². The minimum Gasteiger partial charge on any atom is -0.331 e. The molecule has 0 bridgehead atoms. The van der Waals surface area contributed by atoms with E-state index >= 15 is 0 Å². The Morgan fingerprint density at radius 1 is 1.56 bits per heavy atom. The van der Waals surface area contributed by atoms with Gasteiger partial charge >= 0.3 is 0 Å². The second-order valence-corrected chi connectivity index (χ2v) is 2.37. The first-order valence-electron chi connectivity index (χ1n) is 2.99. The largest absolute Gasteiger partial charge is 0.331 e. The Bertz CT molecular complexity index is 159. The molecule has 2 aliphatic heterocycles. The van der Waals surface area contributed by atoms with Crippen molar-refractivity contribution in [1.29, 1.82) is 0 Å². The van der Waals surface area contributed by atoms with E-state index in [1.54, 1.807) is 0 Å². The van der Waals surface area contributed by atoms with Gasteiger partial charge in [0.15, 0.2) is 12.5 Å². The predicted molar refractivity (Wildman–Crippen MR) is 29.4 cm³/mol. The summed E-state index contributed by atoms with van der Waals surface area (Å²) < 4.78 is 4.98. The fourth-order valence-electron chi connectivity index (χ4n) is 0.936. The monoisotopic (exact) mass is 128 g/mol. The Hall–Kier alpha value is -0.610. The smallest absolute Gasteiger partial charge is 0.239 e. The summed E-state index contributed by atoms with van der Waals surface area (Å²) in [6.45, 7) is 1.81. The van der Waals surface area contributed by atoms with E-state index in [2.05, 4.69) is 10.6 Å². The maximum absolute atomic E-state index is 10.8. The molecule has 0 aromatic heterocycles. The first kappa shape index (κ1) is 5.20. The number of rotatable bonds is 0. The predicted octanol–water partition coefficient (Wildman–Crippen LogP) is -1.22. The molecule has 0 spiro atoms. The average Bonchev–Trinajstić information content (AvgIpc) is 2.46. The summed E-state index contributed by atoms with van der Waals surface area (Å²) in [6.07, 6.45) is 0.0337. The van der Waals surface area contributed by atoms with Crippen molar-refractivity contribution in [3.8, 4) is 0 Å². The molecule has 9 heavy (non-hydrogen) atoms. The molecular weight excluding hydrogens is 120 g/mol. The normalized spacial score (nSPS) is 47.7. The van der Waals surface area contributed by atoms with Crippen LogP contribution in [0.1, 0.15) is 6.92 Å². The maximum atomic E-state index is 10.8. The Morgan fingerprint density at radius 2 is 2.33 bits per heavy atom. The third-order valence-corrected chi connectivity index (χ3v) is 1.58. The number of ether oxygens (including phenoxy) is 1. The summed E-state index contributed by atoms with van der Waals surface area (Å²) in [7, 11) is 0. The zero-order valence-electron chi connectivity index (χ0n) is 5.05. The van der Waals surface area contributed by atoms with Crippen molar-refractivity contribution < 1.29 is 9.53 Å². The molecule has 2 heterocycles. The fourth-order valence-corrected chi connectivity index (χ4v) is 0.936. The van der Waals surface area contributed by atoms with Crippen LogP contribution in [0.15, 0.2) is 0 Å². The van der Waals surface area contributed by atoms with E-state index in [4.69, 9.17) is 4.74 Å². The molecule has 0 aromatic rings. The van der Waals surface area contributed by atoms with Crippen molar-refractivity contribution in [2.75, 3.05) is 0 Å². The molecule has 0 aliphatic carbocycles. The van der Waals surface area contributed by atoms with E-state index in [-0.39, 0.29) is 24.4 Å². The van der Waals surface area contributed by atoms with Gasteiger partial charge in [-0.3, -0.25) is 10.1 Å². The second-order valence-electron chi connectivity index (χ2n) is 2.37. The number of carbonyl (C=O) groups excluding carboxylic acids is 1. The lowest BCUT2D eigenvalue weighted by Gasteiger charge is -2.14. The zero-order valence-corrected chi connectivity index (χ0v) is 5.05. The van der Waals surface area contributed by atoms with Gasteiger partial charge in [-0.15, -0.1) is 0 Å². The van der Waals surface area contributed by atoms with Gasteiger partial charge in [-0.25, -0.2) is 0 Å². The average molecular weight is 128 g/mol. The highest BCUT2D eigenvalue weighted by atomic mass is 16.6.